The second-order valence-corrected chi connectivity index (χ2v) is 7.09. The Hall–Kier alpha value is -1.39. The van der Waals surface area contributed by atoms with E-state index >= 15 is 0 Å². The van der Waals surface area contributed by atoms with Crippen LogP contribution in [0.25, 0.3) is 11.3 Å². The van der Waals surface area contributed by atoms with Gasteiger partial charge in [0.15, 0.2) is 5.13 Å². The molecular formula is C17H23N3S. The molecule has 1 aromatic carbocycles. The molecule has 0 saturated carbocycles. The molecule has 3 rings (SSSR count). The van der Waals surface area contributed by atoms with Gasteiger partial charge in [-0.15, -0.1) is 11.3 Å². The van der Waals surface area contributed by atoms with Crippen LogP contribution >= 0.6 is 11.3 Å². The summed E-state index contributed by atoms with van der Waals surface area (Å²) >= 11 is 1.82. The Morgan fingerprint density at radius 1 is 1.05 bits per heavy atom. The summed E-state index contributed by atoms with van der Waals surface area (Å²) in [7, 11) is 0. The van der Waals surface area contributed by atoms with Gasteiger partial charge in [0, 0.05) is 36.6 Å². The van der Waals surface area contributed by atoms with E-state index < -0.39 is 0 Å². The van der Waals surface area contributed by atoms with Crippen molar-refractivity contribution in [3.05, 3.63) is 33.7 Å². The van der Waals surface area contributed by atoms with Gasteiger partial charge in [-0.2, -0.15) is 0 Å². The number of thiazole rings is 1. The van der Waals surface area contributed by atoms with Crippen LogP contribution in [0.5, 0.6) is 0 Å². The smallest absolute Gasteiger partial charge is 0.186 e. The number of hydrogen-bond acceptors (Lipinski definition) is 4. The van der Waals surface area contributed by atoms with Crippen LogP contribution in [0.1, 0.15) is 21.6 Å². The Bertz CT molecular complexity index is 631. The number of benzene rings is 1. The van der Waals surface area contributed by atoms with Gasteiger partial charge in [0.2, 0.25) is 0 Å². The Morgan fingerprint density at radius 3 is 2.29 bits per heavy atom. The Kier molecular flexibility index (Phi) is 4.00. The molecule has 0 bridgehead atoms. The molecule has 1 aliphatic heterocycles. The predicted molar refractivity (Wildman–Crippen MR) is 91.6 cm³/mol. The summed E-state index contributed by atoms with van der Waals surface area (Å²) in [4.78, 5) is 8.69. The maximum Gasteiger partial charge on any atom is 0.186 e. The van der Waals surface area contributed by atoms with E-state index in [1.54, 1.807) is 0 Å². The molecule has 1 saturated heterocycles. The Labute approximate surface area is 131 Å². The first-order chi connectivity index (χ1) is 10.1. The van der Waals surface area contributed by atoms with Crippen LogP contribution in [-0.4, -0.2) is 31.2 Å². The van der Waals surface area contributed by atoms with E-state index in [4.69, 9.17) is 4.98 Å². The van der Waals surface area contributed by atoms with Crippen molar-refractivity contribution in [2.24, 2.45) is 0 Å². The van der Waals surface area contributed by atoms with Crippen LogP contribution in [0.2, 0.25) is 0 Å². The van der Waals surface area contributed by atoms with Crippen LogP contribution in [0, 0.1) is 27.7 Å². The number of piperazine rings is 1. The first-order valence-electron chi connectivity index (χ1n) is 7.57. The van der Waals surface area contributed by atoms with E-state index in [1.807, 2.05) is 11.3 Å². The van der Waals surface area contributed by atoms with E-state index in [9.17, 15) is 0 Å². The summed E-state index contributed by atoms with van der Waals surface area (Å²) in [6, 6.07) is 4.51. The van der Waals surface area contributed by atoms with Gasteiger partial charge in [-0.25, -0.2) is 4.98 Å². The van der Waals surface area contributed by atoms with Gasteiger partial charge < -0.3 is 10.2 Å². The largest absolute Gasteiger partial charge is 0.346 e. The Balaban J connectivity index is 2.02. The maximum absolute atomic E-state index is 4.97. The minimum Gasteiger partial charge on any atom is -0.346 e. The standard InChI is InChI=1S/C17H23N3S/c1-11-9-12(2)15(13(3)10-11)16-14(4)21-17(19-16)20-7-5-18-6-8-20/h9-10,18H,5-8H2,1-4H3. The van der Waals surface area contributed by atoms with Gasteiger partial charge in [-0.1, -0.05) is 17.7 Å². The van der Waals surface area contributed by atoms with Gasteiger partial charge in [0.1, 0.15) is 0 Å². The van der Waals surface area contributed by atoms with Crippen LogP contribution in [-0.2, 0) is 0 Å². The number of hydrogen-bond donors (Lipinski definition) is 1. The predicted octanol–water partition coefficient (Wildman–Crippen LogP) is 3.45. The second-order valence-electron chi connectivity index (χ2n) is 5.91. The molecule has 3 nitrogen and oxygen atoms in total. The van der Waals surface area contributed by atoms with Crippen molar-refractivity contribution in [3.8, 4) is 11.3 Å². The van der Waals surface area contributed by atoms with Gasteiger partial charge in [0.25, 0.3) is 0 Å². The molecule has 2 heterocycles. The molecule has 0 aliphatic carbocycles. The normalized spacial score (nSPS) is 15.5. The minimum absolute atomic E-state index is 1.05. The Morgan fingerprint density at radius 2 is 1.67 bits per heavy atom. The van der Waals surface area contributed by atoms with Crippen molar-refractivity contribution >= 4 is 16.5 Å². The van der Waals surface area contributed by atoms with Crippen LogP contribution in [0.3, 0.4) is 0 Å². The van der Waals surface area contributed by atoms with E-state index in [0.717, 1.165) is 26.2 Å². The molecule has 0 atom stereocenters. The second kappa shape index (κ2) is 5.78. The number of anilines is 1. The van der Waals surface area contributed by atoms with Crippen molar-refractivity contribution in [2.45, 2.75) is 27.7 Å². The lowest BCUT2D eigenvalue weighted by molar-refractivity contribution is 0.588. The summed E-state index contributed by atoms with van der Waals surface area (Å²) < 4.78 is 0. The highest BCUT2D eigenvalue weighted by Crippen LogP contribution is 2.36. The monoisotopic (exact) mass is 301 g/mol. The molecule has 21 heavy (non-hydrogen) atoms. The van der Waals surface area contributed by atoms with Crippen molar-refractivity contribution in [1.82, 2.24) is 10.3 Å². The zero-order valence-electron chi connectivity index (χ0n) is 13.3. The lowest BCUT2D eigenvalue weighted by Crippen LogP contribution is -2.43. The molecule has 1 aromatic heterocycles. The number of nitrogens with one attached hydrogen (secondary N) is 1. The summed E-state index contributed by atoms with van der Waals surface area (Å²) in [5, 5.41) is 4.57. The van der Waals surface area contributed by atoms with E-state index in [1.165, 1.54) is 38.0 Å². The number of aryl methyl sites for hydroxylation is 4. The zero-order valence-corrected chi connectivity index (χ0v) is 14.1. The molecule has 1 fully saturated rings. The van der Waals surface area contributed by atoms with Crippen LogP contribution in [0.4, 0.5) is 5.13 Å². The first-order valence-corrected chi connectivity index (χ1v) is 8.39. The molecular weight excluding hydrogens is 278 g/mol. The maximum atomic E-state index is 4.97. The quantitative estimate of drug-likeness (QED) is 0.921. The molecule has 0 amide bonds. The molecule has 1 N–H and O–H groups in total. The summed E-state index contributed by atoms with van der Waals surface area (Å²) in [5.74, 6) is 0. The highest BCUT2D eigenvalue weighted by Gasteiger charge is 2.19. The molecule has 2 aromatic rings. The highest BCUT2D eigenvalue weighted by atomic mass is 32.1. The fourth-order valence-electron chi connectivity index (χ4n) is 3.16. The van der Waals surface area contributed by atoms with E-state index in [-0.39, 0.29) is 0 Å². The number of aromatic nitrogens is 1. The van der Waals surface area contributed by atoms with Crippen molar-refractivity contribution in [2.75, 3.05) is 31.1 Å². The third-order valence-corrected chi connectivity index (χ3v) is 5.12. The van der Waals surface area contributed by atoms with Crippen LogP contribution in [0.15, 0.2) is 12.1 Å². The molecule has 112 valence electrons. The molecule has 0 radical (unpaired) electrons. The third kappa shape index (κ3) is 2.83. The topological polar surface area (TPSA) is 28.2 Å². The number of nitrogens with zero attached hydrogens (tertiary/aromatic N) is 2. The molecule has 0 unspecified atom stereocenters. The fraction of sp³-hybridized carbons (Fsp3) is 0.471. The summed E-state index contributed by atoms with van der Waals surface area (Å²) in [5.41, 5.74) is 6.46. The van der Waals surface area contributed by atoms with Crippen molar-refractivity contribution in [1.29, 1.82) is 0 Å². The fourth-order valence-corrected chi connectivity index (χ4v) is 4.13. The van der Waals surface area contributed by atoms with Crippen molar-refractivity contribution in [3.63, 3.8) is 0 Å². The average Bonchev–Trinajstić information content (AvgIpc) is 2.81. The molecule has 4 heteroatoms. The summed E-state index contributed by atoms with van der Waals surface area (Å²) in [6.07, 6.45) is 0. The lowest BCUT2D eigenvalue weighted by Gasteiger charge is -2.26. The summed E-state index contributed by atoms with van der Waals surface area (Å²) in [6.45, 7) is 12.9. The van der Waals surface area contributed by atoms with Gasteiger partial charge >= 0.3 is 0 Å². The first kappa shape index (κ1) is 14.5. The average molecular weight is 301 g/mol. The molecule has 1 aliphatic rings. The minimum atomic E-state index is 1.05. The van der Waals surface area contributed by atoms with Gasteiger partial charge in [-0.05, 0) is 38.8 Å². The highest BCUT2D eigenvalue weighted by molar-refractivity contribution is 7.16. The van der Waals surface area contributed by atoms with Crippen LogP contribution < -0.4 is 10.2 Å². The zero-order chi connectivity index (χ0) is 15.0. The van der Waals surface area contributed by atoms with Gasteiger partial charge in [-0.3, -0.25) is 0 Å². The molecule has 0 spiro atoms. The lowest BCUT2D eigenvalue weighted by atomic mass is 9.97. The van der Waals surface area contributed by atoms with Gasteiger partial charge in [0.05, 0.1) is 5.69 Å². The SMILES string of the molecule is Cc1cc(C)c(-c2nc(N3CCNCC3)sc2C)c(C)c1. The number of rotatable bonds is 2. The van der Waals surface area contributed by atoms with E-state index in [2.05, 4.69) is 50.0 Å². The van der Waals surface area contributed by atoms with E-state index in [0.29, 0.717) is 0 Å². The van der Waals surface area contributed by atoms with Crippen molar-refractivity contribution < 1.29 is 0 Å². The third-order valence-electron chi connectivity index (χ3n) is 4.09.